The number of hydrogen-bond donors (Lipinski definition) is 1. The molecule has 1 fully saturated rings. The number of anilines is 1. The van der Waals surface area contributed by atoms with Crippen LogP contribution < -0.4 is 14.8 Å². The fourth-order valence-corrected chi connectivity index (χ4v) is 3.23. The maximum Gasteiger partial charge on any atom is 0.322 e. The van der Waals surface area contributed by atoms with Crippen LogP contribution in [-0.4, -0.2) is 36.9 Å². The predicted molar refractivity (Wildman–Crippen MR) is 93.5 cm³/mol. The Kier molecular flexibility index (Phi) is 5.03. The fraction of sp³-hybridized carbons (Fsp3) is 0.412. The summed E-state index contributed by atoms with van der Waals surface area (Å²) in [6, 6.07) is 4.75. The van der Waals surface area contributed by atoms with E-state index in [9.17, 15) is 4.79 Å². The Balaban J connectivity index is 1.81. The molecule has 1 aromatic carbocycles. The highest BCUT2D eigenvalue weighted by atomic mass is 35.5. The van der Waals surface area contributed by atoms with Gasteiger partial charge < -0.3 is 24.2 Å². The molecule has 2 aromatic rings. The molecular weight excluding hydrogens is 346 g/mol. The predicted octanol–water partition coefficient (Wildman–Crippen LogP) is 4.02. The number of carbonyl (C=O) groups excluding carboxylic acids is 1. The molecule has 134 valence electrons. The summed E-state index contributed by atoms with van der Waals surface area (Å²) in [6.07, 6.45) is 1.74. The van der Waals surface area contributed by atoms with E-state index in [-0.39, 0.29) is 12.1 Å². The minimum Gasteiger partial charge on any atom is -0.495 e. The summed E-state index contributed by atoms with van der Waals surface area (Å²) < 4.78 is 15.8. The van der Waals surface area contributed by atoms with Gasteiger partial charge in [-0.2, -0.15) is 0 Å². The molecule has 3 rings (SSSR count). The number of rotatable bonds is 4. The lowest BCUT2D eigenvalue weighted by atomic mass is 10.1. The molecule has 1 N–H and O–H groups in total. The Hall–Kier alpha value is -2.41. The van der Waals surface area contributed by atoms with E-state index < -0.39 is 0 Å². The molecule has 1 atom stereocenters. The van der Waals surface area contributed by atoms with Crippen molar-refractivity contribution in [3.63, 3.8) is 0 Å². The van der Waals surface area contributed by atoms with Gasteiger partial charge in [0, 0.05) is 18.7 Å². The summed E-state index contributed by atoms with van der Waals surface area (Å²) in [5.74, 6) is 1.65. The van der Waals surface area contributed by atoms with Crippen molar-refractivity contribution in [3.05, 3.63) is 34.7 Å². The van der Waals surface area contributed by atoms with Crippen molar-refractivity contribution in [1.29, 1.82) is 0 Å². The largest absolute Gasteiger partial charge is 0.495 e. The third-order valence-electron chi connectivity index (χ3n) is 4.20. The van der Waals surface area contributed by atoms with E-state index in [0.29, 0.717) is 34.5 Å². The molecule has 1 aliphatic heterocycles. The summed E-state index contributed by atoms with van der Waals surface area (Å²) >= 11 is 6.16. The zero-order chi connectivity index (χ0) is 18.0. The number of aromatic nitrogens is 1. The van der Waals surface area contributed by atoms with E-state index in [1.165, 1.54) is 14.2 Å². The Morgan fingerprint density at radius 3 is 2.72 bits per heavy atom. The Morgan fingerprint density at radius 1 is 1.32 bits per heavy atom. The van der Waals surface area contributed by atoms with E-state index in [0.717, 1.165) is 18.5 Å². The van der Waals surface area contributed by atoms with Crippen molar-refractivity contribution in [2.24, 2.45) is 0 Å². The van der Waals surface area contributed by atoms with Gasteiger partial charge in [-0.15, -0.1) is 0 Å². The number of hydrogen-bond acceptors (Lipinski definition) is 5. The SMILES string of the molecule is COc1cc(OC)c(NC(=O)N2CCC[C@@H]2c2cc(C)no2)cc1Cl. The molecule has 0 saturated carbocycles. The van der Waals surface area contributed by atoms with E-state index in [4.69, 9.17) is 25.6 Å². The van der Waals surface area contributed by atoms with E-state index >= 15 is 0 Å². The fourth-order valence-electron chi connectivity index (χ4n) is 2.99. The van der Waals surface area contributed by atoms with Crippen LogP contribution in [0, 0.1) is 6.92 Å². The van der Waals surface area contributed by atoms with Gasteiger partial charge in [-0.1, -0.05) is 16.8 Å². The number of aryl methyl sites for hydroxylation is 1. The highest BCUT2D eigenvalue weighted by Crippen LogP contribution is 2.37. The molecule has 0 unspecified atom stereocenters. The topological polar surface area (TPSA) is 76.8 Å². The summed E-state index contributed by atoms with van der Waals surface area (Å²) in [5.41, 5.74) is 1.28. The number of likely N-dealkylation sites (tertiary alicyclic amines) is 1. The molecule has 8 heteroatoms. The Morgan fingerprint density at radius 2 is 2.08 bits per heavy atom. The molecule has 2 heterocycles. The second-order valence-corrected chi connectivity index (χ2v) is 6.25. The number of nitrogens with one attached hydrogen (secondary N) is 1. The van der Waals surface area contributed by atoms with Gasteiger partial charge in [0.05, 0.1) is 36.7 Å². The maximum absolute atomic E-state index is 12.8. The summed E-state index contributed by atoms with van der Waals surface area (Å²) in [7, 11) is 3.04. The zero-order valence-electron chi connectivity index (χ0n) is 14.3. The lowest BCUT2D eigenvalue weighted by molar-refractivity contribution is 0.195. The molecule has 25 heavy (non-hydrogen) atoms. The molecule has 1 saturated heterocycles. The van der Waals surface area contributed by atoms with Crippen LogP contribution in [0.1, 0.15) is 30.3 Å². The van der Waals surface area contributed by atoms with Gasteiger partial charge >= 0.3 is 6.03 Å². The standard InChI is InChI=1S/C17H20ClN3O4/c1-10-7-16(25-20-10)13-5-4-6-21(13)17(22)19-12-8-11(18)14(23-2)9-15(12)24-3/h7-9,13H,4-6H2,1-3H3,(H,19,22)/t13-/m1/s1. The smallest absolute Gasteiger partial charge is 0.322 e. The molecular formula is C17H20ClN3O4. The first-order valence-electron chi connectivity index (χ1n) is 7.96. The van der Waals surface area contributed by atoms with Crippen molar-refractivity contribution in [2.75, 3.05) is 26.1 Å². The third kappa shape index (κ3) is 3.51. The molecule has 0 spiro atoms. The quantitative estimate of drug-likeness (QED) is 0.885. The van der Waals surface area contributed by atoms with Crippen LogP contribution in [0.5, 0.6) is 11.5 Å². The van der Waals surface area contributed by atoms with Crippen LogP contribution in [0.25, 0.3) is 0 Å². The first-order chi connectivity index (χ1) is 12.0. The first-order valence-corrected chi connectivity index (χ1v) is 8.33. The summed E-state index contributed by atoms with van der Waals surface area (Å²) in [5, 5.41) is 7.17. The van der Waals surface area contributed by atoms with Crippen LogP contribution in [-0.2, 0) is 0 Å². The van der Waals surface area contributed by atoms with Crippen molar-refractivity contribution in [3.8, 4) is 11.5 Å². The van der Waals surface area contributed by atoms with Crippen molar-refractivity contribution in [1.82, 2.24) is 10.1 Å². The van der Waals surface area contributed by atoms with E-state index in [1.54, 1.807) is 17.0 Å². The maximum atomic E-state index is 12.8. The number of halogens is 1. The highest BCUT2D eigenvalue weighted by molar-refractivity contribution is 6.32. The van der Waals surface area contributed by atoms with Gasteiger partial charge in [-0.25, -0.2) is 4.79 Å². The van der Waals surface area contributed by atoms with Crippen LogP contribution in [0.4, 0.5) is 10.5 Å². The monoisotopic (exact) mass is 365 g/mol. The zero-order valence-corrected chi connectivity index (χ0v) is 15.1. The average Bonchev–Trinajstić information content (AvgIpc) is 3.23. The van der Waals surface area contributed by atoms with Gasteiger partial charge in [-0.3, -0.25) is 0 Å². The van der Waals surface area contributed by atoms with Crippen LogP contribution in [0.3, 0.4) is 0 Å². The van der Waals surface area contributed by atoms with Gasteiger partial charge in [-0.05, 0) is 25.8 Å². The lowest BCUT2D eigenvalue weighted by Gasteiger charge is -2.23. The molecule has 1 aliphatic rings. The Bertz CT molecular complexity index is 777. The first kappa shape index (κ1) is 17.4. The normalized spacial score (nSPS) is 16.8. The molecule has 0 bridgehead atoms. The molecule has 0 radical (unpaired) electrons. The number of ether oxygens (including phenoxy) is 2. The van der Waals surface area contributed by atoms with Gasteiger partial charge in [0.1, 0.15) is 11.5 Å². The number of carbonyl (C=O) groups is 1. The molecule has 2 amide bonds. The third-order valence-corrected chi connectivity index (χ3v) is 4.50. The second kappa shape index (κ2) is 7.23. The lowest BCUT2D eigenvalue weighted by Crippen LogP contribution is -2.34. The molecule has 7 nitrogen and oxygen atoms in total. The number of nitrogens with zero attached hydrogens (tertiary/aromatic N) is 2. The van der Waals surface area contributed by atoms with Crippen LogP contribution in [0.2, 0.25) is 5.02 Å². The highest BCUT2D eigenvalue weighted by Gasteiger charge is 2.33. The minimum absolute atomic E-state index is 0.124. The van der Waals surface area contributed by atoms with Crippen molar-refractivity contribution in [2.45, 2.75) is 25.8 Å². The number of benzene rings is 1. The van der Waals surface area contributed by atoms with E-state index in [2.05, 4.69) is 10.5 Å². The van der Waals surface area contributed by atoms with Gasteiger partial charge in [0.25, 0.3) is 0 Å². The number of methoxy groups -OCH3 is 2. The number of amides is 2. The van der Waals surface area contributed by atoms with Crippen molar-refractivity contribution >= 4 is 23.3 Å². The van der Waals surface area contributed by atoms with Crippen molar-refractivity contribution < 1.29 is 18.8 Å². The minimum atomic E-state index is -0.240. The van der Waals surface area contributed by atoms with Gasteiger partial charge in [0.15, 0.2) is 5.76 Å². The summed E-state index contributed by atoms with van der Waals surface area (Å²) in [4.78, 5) is 14.5. The van der Waals surface area contributed by atoms with E-state index in [1.807, 2.05) is 13.0 Å². The summed E-state index contributed by atoms with van der Waals surface area (Å²) in [6.45, 7) is 2.50. The second-order valence-electron chi connectivity index (χ2n) is 5.84. The average molecular weight is 366 g/mol. The van der Waals surface area contributed by atoms with Gasteiger partial charge in [0.2, 0.25) is 0 Å². The molecule has 1 aromatic heterocycles. The molecule has 0 aliphatic carbocycles. The van der Waals surface area contributed by atoms with Crippen LogP contribution >= 0.6 is 11.6 Å². The van der Waals surface area contributed by atoms with Crippen LogP contribution in [0.15, 0.2) is 22.7 Å². The number of urea groups is 1. The Labute approximate surface area is 150 Å².